The summed E-state index contributed by atoms with van der Waals surface area (Å²) < 4.78 is 5.84. The van der Waals surface area contributed by atoms with Crippen molar-refractivity contribution in [3.63, 3.8) is 0 Å². The van der Waals surface area contributed by atoms with E-state index in [-0.39, 0.29) is 5.91 Å². The molecule has 1 heterocycles. The summed E-state index contributed by atoms with van der Waals surface area (Å²) in [4.78, 5) is 15.2. The summed E-state index contributed by atoms with van der Waals surface area (Å²) >= 11 is 6.84. The molecule has 2 rings (SSSR count). The van der Waals surface area contributed by atoms with Gasteiger partial charge in [-0.2, -0.15) is 0 Å². The third-order valence-corrected chi connectivity index (χ3v) is 5.65. The molecule has 1 aromatic rings. The lowest BCUT2D eigenvalue weighted by molar-refractivity contribution is -0.122. The zero-order valence-corrected chi connectivity index (χ0v) is 16.2. The Morgan fingerprint density at radius 3 is 2.58 bits per heavy atom. The van der Waals surface area contributed by atoms with E-state index < -0.39 is 0 Å². The molecule has 3 nitrogen and oxygen atoms in total. The predicted octanol–water partition coefficient (Wildman–Crippen LogP) is 5.11. The molecule has 130 valence electrons. The van der Waals surface area contributed by atoms with Crippen molar-refractivity contribution in [3.05, 3.63) is 34.7 Å². The molecule has 0 N–H and O–H groups in total. The molecule has 1 fully saturated rings. The number of thioether (sulfide) groups is 1. The molecule has 0 aromatic heterocycles. The molecule has 5 heteroatoms. The van der Waals surface area contributed by atoms with Gasteiger partial charge in [-0.3, -0.25) is 9.69 Å². The summed E-state index contributed by atoms with van der Waals surface area (Å²) in [6.07, 6.45) is 6.53. The monoisotopic (exact) mass is 363 g/mol. The van der Waals surface area contributed by atoms with E-state index in [0.717, 1.165) is 30.7 Å². The maximum atomic E-state index is 12.7. The van der Waals surface area contributed by atoms with Crippen molar-refractivity contribution in [2.24, 2.45) is 5.92 Å². The molecule has 1 aliphatic rings. The van der Waals surface area contributed by atoms with E-state index in [2.05, 4.69) is 13.8 Å². The second-order valence-corrected chi connectivity index (χ2v) is 7.66. The Bertz CT molecular complexity index is 610. The lowest BCUT2D eigenvalue weighted by atomic mass is 9.99. The summed E-state index contributed by atoms with van der Waals surface area (Å²) in [7, 11) is 1.64. The minimum atomic E-state index is 0.0377. The fourth-order valence-corrected chi connectivity index (χ4v) is 3.96. The largest absolute Gasteiger partial charge is 0.497 e. The first-order chi connectivity index (χ1) is 11.6. The van der Waals surface area contributed by atoms with Gasteiger partial charge in [0.2, 0.25) is 0 Å². The molecule has 0 aliphatic carbocycles. The number of rotatable bonds is 8. The van der Waals surface area contributed by atoms with Crippen LogP contribution < -0.4 is 4.74 Å². The highest BCUT2D eigenvalue weighted by Gasteiger charge is 2.33. The molecule has 0 saturated carbocycles. The number of thiocarbonyl (C=S) groups is 1. The Balaban J connectivity index is 2.08. The average Bonchev–Trinajstić information content (AvgIpc) is 2.86. The normalized spacial score (nSPS) is 17.6. The van der Waals surface area contributed by atoms with Crippen LogP contribution in [0.1, 0.15) is 45.1 Å². The molecular weight excluding hydrogens is 338 g/mol. The first kappa shape index (κ1) is 19.0. The van der Waals surface area contributed by atoms with Crippen LogP contribution in [0.25, 0.3) is 6.08 Å². The zero-order valence-electron chi connectivity index (χ0n) is 14.6. The van der Waals surface area contributed by atoms with E-state index in [1.165, 1.54) is 24.6 Å². The van der Waals surface area contributed by atoms with E-state index in [1.54, 1.807) is 12.0 Å². The van der Waals surface area contributed by atoms with Gasteiger partial charge in [-0.15, -0.1) is 0 Å². The molecule has 24 heavy (non-hydrogen) atoms. The van der Waals surface area contributed by atoms with E-state index in [0.29, 0.717) is 15.1 Å². The van der Waals surface area contributed by atoms with Crippen molar-refractivity contribution < 1.29 is 9.53 Å². The van der Waals surface area contributed by atoms with Gasteiger partial charge in [0, 0.05) is 6.54 Å². The Kier molecular flexibility index (Phi) is 7.31. The van der Waals surface area contributed by atoms with Crippen molar-refractivity contribution in [2.75, 3.05) is 13.7 Å². The fraction of sp³-hybridized carbons (Fsp3) is 0.474. The third kappa shape index (κ3) is 4.84. The van der Waals surface area contributed by atoms with Crippen molar-refractivity contribution in [1.82, 2.24) is 4.90 Å². The molecule has 1 aromatic carbocycles. The smallest absolute Gasteiger partial charge is 0.266 e. The minimum Gasteiger partial charge on any atom is -0.497 e. The molecule has 1 aliphatic heterocycles. The quantitative estimate of drug-likeness (QED) is 0.474. The van der Waals surface area contributed by atoms with E-state index in [4.69, 9.17) is 17.0 Å². The second kappa shape index (κ2) is 9.23. The fourth-order valence-electron chi connectivity index (χ4n) is 2.68. The van der Waals surface area contributed by atoms with Crippen molar-refractivity contribution in [2.45, 2.75) is 39.5 Å². The summed E-state index contributed by atoms with van der Waals surface area (Å²) in [6.45, 7) is 5.12. The van der Waals surface area contributed by atoms with Gasteiger partial charge < -0.3 is 4.74 Å². The van der Waals surface area contributed by atoms with Crippen LogP contribution >= 0.6 is 24.0 Å². The molecule has 1 amide bonds. The number of unbranched alkanes of at least 4 members (excludes halogenated alkanes) is 1. The highest BCUT2D eigenvalue weighted by atomic mass is 32.2. The Morgan fingerprint density at radius 1 is 1.29 bits per heavy atom. The topological polar surface area (TPSA) is 29.5 Å². The first-order valence-electron chi connectivity index (χ1n) is 8.48. The van der Waals surface area contributed by atoms with E-state index >= 15 is 0 Å². The zero-order chi connectivity index (χ0) is 17.5. The third-order valence-electron chi connectivity index (χ3n) is 4.27. The van der Waals surface area contributed by atoms with Crippen LogP contribution in [0, 0.1) is 5.92 Å². The number of benzene rings is 1. The summed E-state index contributed by atoms with van der Waals surface area (Å²) in [5.74, 6) is 1.37. The van der Waals surface area contributed by atoms with Crippen molar-refractivity contribution in [3.8, 4) is 5.75 Å². The Labute approximate surface area is 154 Å². The molecule has 1 atom stereocenters. The highest BCUT2D eigenvalue weighted by Crippen LogP contribution is 2.34. The number of hydrogen-bond donors (Lipinski definition) is 0. The van der Waals surface area contributed by atoms with Crippen LogP contribution in [0.4, 0.5) is 0 Å². The van der Waals surface area contributed by atoms with Crippen LogP contribution in [0.15, 0.2) is 29.2 Å². The lowest BCUT2D eigenvalue weighted by Crippen LogP contribution is -2.33. The van der Waals surface area contributed by atoms with Gasteiger partial charge in [0.15, 0.2) is 0 Å². The number of methoxy groups -OCH3 is 1. The molecule has 1 saturated heterocycles. The van der Waals surface area contributed by atoms with E-state index in [1.807, 2.05) is 30.3 Å². The summed E-state index contributed by atoms with van der Waals surface area (Å²) in [5, 5.41) is 0. The second-order valence-electron chi connectivity index (χ2n) is 5.98. The first-order valence-corrected chi connectivity index (χ1v) is 9.70. The SMILES string of the molecule is CCCC[C@H](CC)CN1C(=O)/C(=C/c2ccc(OC)cc2)SC1=S. The molecule has 0 radical (unpaired) electrons. The predicted molar refractivity (Wildman–Crippen MR) is 106 cm³/mol. The number of hydrogen-bond acceptors (Lipinski definition) is 4. The van der Waals surface area contributed by atoms with Gasteiger partial charge in [0.05, 0.1) is 12.0 Å². The average molecular weight is 364 g/mol. The minimum absolute atomic E-state index is 0.0377. The van der Waals surface area contributed by atoms with Crippen molar-refractivity contribution >= 4 is 40.3 Å². The molecule has 0 bridgehead atoms. The van der Waals surface area contributed by atoms with E-state index in [9.17, 15) is 4.79 Å². The Morgan fingerprint density at radius 2 is 2.00 bits per heavy atom. The number of amides is 1. The number of carbonyl (C=O) groups excluding carboxylic acids is 1. The number of ether oxygens (including phenoxy) is 1. The Hall–Kier alpha value is -1.33. The number of nitrogens with zero attached hydrogens (tertiary/aromatic N) is 1. The lowest BCUT2D eigenvalue weighted by Gasteiger charge is -2.21. The summed E-state index contributed by atoms with van der Waals surface area (Å²) in [6, 6.07) is 7.68. The molecule has 0 unspecified atom stereocenters. The highest BCUT2D eigenvalue weighted by molar-refractivity contribution is 8.26. The van der Waals surface area contributed by atoms with Crippen LogP contribution in [0.3, 0.4) is 0 Å². The van der Waals surface area contributed by atoms with Gasteiger partial charge in [-0.25, -0.2) is 0 Å². The van der Waals surface area contributed by atoms with Gasteiger partial charge in [0.1, 0.15) is 10.1 Å². The van der Waals surface area contributed by atoms with Crippen LogP contribution in [0.2, 0.25) is 0 Å². The van der Waals surface area contributed by atoms with Crippen LogP contribution in [-0.4, -0.2) is 28.8 Å². The molecular formula is C19H25NO2S2. The summed E-state index contributed by atoms with van der Waals surface area (Å²) in [5.41, 5.74) is 0.981. The maximum absolute atomic E-state index is 12.7. The molecule has 0 spiro atoms. The van der Waals surface area contributed by atoms with Crippen LogP contribution in [0.5, 0.6) is 5.75 Å². The van der Waals surface area contributed by atoms with Gasteiger partial charge in [-0.05, 0) is 36.1 Å². The van der Waals surface area contributed by atoms with Crippen molar-refractivity contribution in [1.29, 1.82) is 0 Å². The standard InChI is InChI=1S/C19H25NO2S2/c1-4-6-7-14(5-2)13-20-18(21)17(24-19(20)23)12-15-8-10-16(22-3)11-9-15/h8-12,14H,4-7,13H2,1-3H3/b17-12-/t14-/m0/s1. The van der Waals surface area contributed by atoms with Gasteiger partial charge >= 0.3 is 0 Å². The van der Waals surface area contributed by atoms with Crippen LogP contribution in [-0.2, 0) is 4.79 Å². The maximum Gasteiger partial charge on any atom is 0.266 e. The number of carbonyl (C=O) groups is 1. The van der Waals surface area contributed by atoms with Gasteiger partial charge in [-0.1, -0.05) is 69.2 Å². The van der Waals surface area contributed by atoms with Gasteiger partial charge in [0.25, 0.3) is 5.91 Å².